The van der Waals surface area contributed by atoms with Gasteiger partial charge in [-0.25, -0.2) is 4.98 Å². The van der Waals surface area contributed by atoms with E-state index in [4.69, 9.17) is 11.6 Å². The van der Waals surface area contributed by atoms with E-state index in [0.29, 0.717) is 27.6 Å². The quantitative estimate of drug-likeness (QED) is 0.420. The van der Waals surface area contributed by atoms with Crippen LogP contribution in [0.2, 0.25) is 5.02 Å². The lowest BCUT2D eigenvalue weighted by atomic mass is 10.0. The lowest BCUT2D eigenvalue weighted by Gasteiger charge is -2.13. The summed E-state index contributed by atoms with van der Waals surface area (Å²) in [7, 11) is 0. The van der Waals surface area contributed by atoms with Crippen molar-refractivity contribution in [1.29, 1.82) is 0 Å². The third-order valence-electron chi connectivity index (χ3n) is 5.35. The number of halogens is 1. The van der Waals surface area contributed by atoms with Gasteiger partial charge in [-0.1, -0.05) is 42.8 Å². The van der Waals surface area contributed by atoms with Gasteiger partial charge in [0.2, 0.25) is 11.3 Å². The largest absolute Gasteiger partial charge is 0.325 e. The van der Waals surface area contributed by atoms with Crippen molar-refractivity contribution in [1.82, 2.24) is 9.55 Å². The Kier molecular flexibility index (Phi) is 6.38. The molecule has 0 saturated carbocycles. The number of benzene rings is 2. The minimum atomic E-state index is -0.464. The molecule has 166 valence electrons. The Hall–Kier alpha value is -3.77. The number of amides is 1. The van der Waals surface area contributed by atoms with Crippen molar-refractivity contribution >= 4 is 40.0 Å². The van der Waals surface area contributed by atoms with E-state index in [0.717, 1.165) is 6.42 Å². The molecular formula is C26H22ClN3O3. The Morgan fingerprint density at radius 1 is 1.06 bits per heavy atom. The summed E-state index contributed by atoms with van der Waals surface area (Å²) in [5, 5.41) is 3.52. The summed E-state index contributed by atoms with van der Waals surface area (Å²) in [5.41, 5.74) is 2.69. The number of rotatable bonds is 6. The number of aryl methyl sites for hydroxylation is 2. The molecule has 2 heterocycles. The van der Waals surface area contributed by atoms with E-state index >= 15 is 0 Å². The molecule has 6 nitrogen and oxygen atoms in total. The molecule has 0 aliphatic carbocycles. The van der Waals surface area contributed by atoms with Crippen LogP contribution in [-0.4, -0.2) is 21.2 Å². The van der Waals surface area contributed by atoms with Crippen LogP contribution >= 0.6 is 11.6 Å². The van der Waals surface area contributed by atoms with E-state index in [1.807, 2.05) is 24.3 Å². The standard InChI is InChI=1S/C26H22ClN3O3/c1-3-17-8-10-20(11-9-17)29-23(31)15-30-14-22(24(32)18-5-4-6-19(27)13-18)25(33)21-12-7-16(2)28-26(21)30/h4-14H,3,15H2,1-2H3,(H,29,31). The minimum Gasteiger partial charge on any atom is -0.325 e. The van der Waals surface area contributed by atoms with Gasteiger partial charge in [-0.2, -0.15) is 0 Å². The highest BCUT2D eigenvalue weighted by molar-refractivity contribution is 6.31. The molecule has 2 aromatic heterocycles. The van der Waals surface area contributed by atoms with Crippen molar-refractivity contribution in [2.45, 2.75) is 26.8 Å². The Labute approximate surface area is 195 Å². The number of hydrogen-bond donors (Lipinski definition) is 1. The smallest absolute Gasteiger partial charge is 0.244 e. The van der Waals surface area contributed by atoms with Gasteiger partial charge in [0, 0.05) is 28.2 Å². The number of hydrogen-bond acceptors (Lipinski definition) is 4. The highest BCUT2D eigenvalue weighted by atomic mass is 35.5. The molecule has 0 spiro atoms. The third-order valence-corrected chi connectivity index (χ3v) is 5.59. The molecule has 1 amide bonds. The van der Waals surface area contributed by atoms with E-state index in [9.17, 15) is 14.4 Å². The lowest BCUT2D eigenvalue weighted by molar-refractivity contribution is -0.116. The fourth-order valence-corrected chi connectivity index (χ4v) is 3.80. The van der Waals surface area contributed by atoms with Crippen LogP contribution in [0.15, 0.2) is 71.7 Å². The van der Waals surface area contributed by atoms with Gasteiger partial charge in [-0.15, -0.1) is 0 Å². The number of carbonyl (C=O) groups is 2. The van der Waals surface area contributed by atoms with Gasteiger partial charge >= 0.3 is 0 Å². The molecule has 4 rings (SSSR count). The molecule has 1 N–H and O–H groups in total. The molecule has 0 fully saturated rings. The Morgan fingerprint density at radius 3 is 2.52 bits per heavy atom. The van der Waals surface area contributed by atoms with Gasteiger partial charge in [0.1, 0.15) is 12.2 Å². The number of fused-ring (bicyclic) bond motifs is 1. The number of nitrogens with zero attached hydrogens (tertiary/aromatic N) is 2. The van der Waals surface area contributed by atoms with E-state index in [2.05, 4.69) is 17.2 Å². The topological polar surface area (TPSA) is 81.1 Å². The number of anilines is 1. The van der Waals surface area contributed by atoms with Crippen LogP contribution in [0.4, 0.5) is 5.69 Å². The average Bonchev–Trinajstić information content (AvgIpc) is 2.81. The summed E-state index contributed by atoms with van der Waals surface area (Å²) >= 11 is 6.03. The third kappa shape index (κ3) is 4.86. The van der Waals surface area contributed by atoms with Crippen molar-refractivity contribution in [3.05, 3.63) is 104 Å². The summed E-state index contributed by atoms with van der Waals surface area (Å²) in [4.78, 5) is 43.5. The van der Waals surface area contributed by atoms with Crippen molar-refractivity contribution in [3.63, 3.8) is 0 Å². The van der Waals surface area contributed by atoms with Gasteiger partial charge in [-0.05, 0) is 55.3 Å². The second-order valence-electron chi connectivity index (χ2n) is 7.76. The number of carbonyl (C=O) groups excluding carboxylic acids is 2. The summed E-state index contributed by atoms with van der Waals surface area (Å²) in [6.45, 7) is 3.75. The molecule has 2 aromatic carbocycles. The van der Waals surface area contributed by atoms with Crippen molar-refractivity contribution < 1.29 is 9.59 Å². The summed E-state index contributed by atoms with van der Waals surface area (Å²) < 4.78 is 1.54. The number of ketones is 1. The van der Waals surface area contributed by atoms with Crippen LogP contribution in [0.5, 0.6) is 0 Å². The molecule has 0 atom stereocenters. The van der Waals surface area contributed by atoms with E-state index < -0.39 is 11.2 Å². The molecule has 0 aliphatic heterocycles. The molecule has 0 bridgehead atoms. The fourth-order valence-electron chi connectivity index (χ4n) is 3.61. The first-order valence-electron chi connectivity index (χ1n) is 10.6. The van der Waals surface area contributed by atoms with Crippen molar-refractivity contribution in [3.8, 4) is 0 Å². The first-order chi connectivity index (χ1) is 15.9. The zero-order valence-electron chi connectivity index (χ0n) is 18.3. The molecule has 0 saturated heterocycles. The lowest BCUT2D eigenvalue weighted by Crippen LogP contribution is -2.25. The molecule has 33 heavy (non-hydrogen) atoms. The highest BCUT2D eigenvalue weighted by Gasteiger charge is 2.19. The van der Waals surface area contributed by atoms with Crippen LogP contribution < -0.4 is 10.7 Å². The highest BCUT2D eigenvalue weighted by Crippen LogP contribution is 2.17. The maximum absolute atomic E-state index is 13.1. The van der Waals surface area contributed by atoms with E-state index in [1.54, 1.807) is 37.3 Å². The summed E-state index contributed by atoms with van der Waals surface area (Å²) in [6, 6.07) is 17.4. The van der Waals surface area contributed by atoms with E-state index in [1.165, 1.54) is 22.4 Å². The van der Waals surface area contributed by atoms with Crippen molar-refractivity contribution in [2.24, 2.45) is 0 Å². The molecular weight excluding hydrogens is 438 g/mol. The molecule has 0 unspecified atom stereocenters. The monoisotopic (exact) mass is 459 g/mol. The SMILES string of the molecule is CCc1ccc(NC(=O)Cn2cc(C(=O)c3cccc(Cl)c3)c(=O)c3ccc(C)nc32)cc1. The molecule has 4 aromatic rings. The summed E-state index contributed by atoms with van der Waals surface area (Å²) in [6.07, 6.45) is 2.31. The van der Waals surface area contributed by atoms with Crippen molar-refractivity contribution in [2.75, 3.05) is 5.32 Å². The fraction of sp³-hybridized carbons (Fsp3) is 0.154. The van der Waals surface area contributed by atoms with Crippen LogP contribution in [-0.2, 0) is 17.8 Å². The molecule has 0 radical (unpaired) electrons. The molecule has 7 heteroatoms. The van der Waals surface area contributed by atoms with Crippen LogP contribution in [0.3, 0.4) is 0 Å². The first-order valence-corrected chi connectivity index (χ1v) is 10.9. The Balaban J connectivity index is 1.73. The maximum atomic E-state index is 13.1. The van der Waals surface area contributed by atoms with Crippen LogP contribution in [0.25, 0.3) is 11.0 Å². The Bertz CT molecular complexity index is 1430. The van der Waals surface area contributed by atoms with Crippen LogP contribution in [0.1, 0.15) is 34.1 Å². The average molecular weight is 460 g/mol. The minimum absolute atomic E-state index is 0.0458. The van der Waals surface area contributed by atoms with Gasteiger partial charge < -0.3 is 9.88 Å². The van der Waals surface area contributed by atoms with Gasteiger partial charge in [0.15, 0.2) is 5.78 Å². The predicted molar refractivity (Wildman–Crippen MR) is 130 cm³/mol. The summed E-state index contributed by atoms with van der Waals surface area (Å²) in [5.74, 6) is -0.761. The second-order valence-corrected chi connectivity index (χ2v) is 8.20. The van der Waals surface area contributed by atoms with Gasteiger partial charge in [0.05, 0.1) is 10.9 Å². The van der Waals surface area contributed by atoms with Gasteiger partial charge in [0.25, 0.3) is 0 Å². The normalized spacial score (nSPS) is 10.9. The predicted octanol–water partition coefficient (Wildman–Crippen LogP) is 4.79. The number of pyridine rings is 2. The van der Waals surface area contributed by atoms with Gasteiger partial charge in [-0.3, -0.25) is 14.4 Å². The first kappa shape index (κ1) is 22.4. The maximum Gasteiger partial charge on any atom is 0.244 e. The number of nitrogens with one attached hydrogen (secondary N) is 1. The van der Waals surface area contributed by atoms with Crippen LogP contribution in [0, 0.1) is 6.92 Å². The number of aromatic nitrogens is 2. The zero-order chi connectivity index (χ0) is 23.5. The zero-order valence-corrected chi connectivity index (χ0v) is 19.0. The Morgan fingerprint density at radius 2 is 1.82 bits per heavy atom. The second kappa shape index (κ2) is 9.38. The molecule has 0 aliphatic rings. The van der Waals surface area contributed by atoms with E-state index in [-0.39, 0.29) is 23.4 Å².